The Balaban J connectivity index is 0.00000190. The molecule has 0 saturated carbocycles. The number of morpholine rings is 1. The van der Waals surface area contributed by atoms with Gasteiger partial charge in [0.1, 0.15) is 5.82 Å². The summed E-state index contributed by atoms with van der Waals surface area (Å²) in [5, 5.41) is 0. The van der Waals surface area contributed by atoms with Crippen LogP contribution in [0.2, 0.25) is 0 Å². The van der Waals surface area contributed by atoms with Gasteiger partial charge in [-0.1, -0.05) is 43.6 Å². The highest BCUT2D eigenvalue weighted by Crippen LogP contribution is 2.31. The summed E-state index contributed by atoms with van der Waals surface area (Å²) in [5.74, 6) is 1.64. The van der Waals surface area contributed by atoms with Crippen molar-refractivity contribution in [3.8, 4) is 0 Å². The van der Waals surface area contributed by atoms with Gasteiger partial charge in [-0.3, -0.25) is 0 Å². The zero-order valence-corrected chi connectivity index (χ0v) is 19.8. The Bertz CT molecular complexity index is 710. The number of ether oxygens (including phenoxy) is 1. The van der Waals surface area contributed by atoms with Crippen molar-refractivity contribution in [1.82, 2.24) is 4.98 Å². The fourth-order valence-corrected chi connectivity index (χ4v) is 3.45. The lowest BCUT2D eigenvalue weighted by molar-refractivity contribution is 0.0989. The Morgan fingerprint density at radius 3 is 2.61 bits per heavy atom. The van der Waals surface area contributed by atoms with Crippen molar-refractivity contribution in [3.05, 3.63) is 36.2 Å². The maximum atomic E-state index is 5.60. The highest BCUT2D eigenvalue weighted by Gasteiger charge is 2.21. The van der Waals surface area contributed by atoms with Crippen molar-refractivity contribution in [2.45, 2.75) is 54.0 Å². The largest absolute Gasteiger partial charge is 0.377 e. The Morgan fingerprint density at radius 1 is 1.39 bits per heavy atom. The second-order valence-corrected chi connectivity index (χ2v) is 8.52. The zero-order chi connectivity index (χ0) is 21.3. The summed E-state index contributed by atoms with van der Waals surface area (Å²) >= 11 is 0. The molecule has 0 aliphatic carbocycles. The van der Waals surface area contributed by atoms with Crippen LogP contribution in [-0.2, 0) is 15.4 Å². The van der Waals surface area contributed by atoms with Crippen LogP contribution in [0.1, 0.15) is 48.0 Å². The summed E-state index contributed by atoms with van der Waals surface area (Å²) in [5.41, 5.74) is 3.63. The molecule has 0 radical (unpaired) electrons. The van der Waals surface area contributed by atoms with Gasteiger partial charge in [0.2, 0.25) is 0 Å². The van der Waals surface area contributed by atoms with Crippen molar-refractivity contribution >= 4 is 28.0 Å². The Labute approximate surface area is 174 Å². The fourth-order valence-electron chi connectivity index (χ4n) is 2.99. The molecule has 1 unspecified atom stereocenters. The summed E-state index contributed by atoms with van der Waals surface area (Å²) in [6, 6.07) is 4.56. The topological polar surface area (TPSA) is 41.0 Å². The van der Waals surface area contributed by atoms with E-state index in [1.165, 1.54) is 11.3 Å². The number of hydrogen-bond acceptors (Lipinski definition) is 5. The maximum absolute atomic E-state index is 5.60. The first-order valence-corrected chi connectivity index (χ1v) is 12.1. The van der Waals surface area contributed by atoms with Gasteiger partial charge < -0.3 is 14.5 Å². The Hall–Kier alpha value is -1.66. The average Bonchev–Trinajstić information content (AvgIpc) is 2.69. The van der Waals surface area contributed by atoms with Gasteiger partial charge in [0.05, 0.1) is 13.2 Å². The number of aromatic nitrogens is 1. The second kappa shape index (κ2) is 12.0. The number of nitrogens with zero attached hydrogens (tertiary/aromatic N) is 4. The van der Waals surface area contributed by atoms with Crippen molar-refractivity contribution in [2.75, 3.05) is 42.1 Å². The minimum atomic E-state index is -0.0701. The van der Waals surface area contributed by atoms with E-state index in [4.69, 9.17) is 14.1 Å². The molecule has 1 aliphatic heterocycles. The fraction of sp³-hybridized carbons (Fsp3) is 0.591. The Kier molecular flexibility index (Phi) is 10.5. The van der Waals surface area contributed by atoms with Gasteiger partial charge in [-0.2, -0.15) is 0 Å². The molecule has 0 aromatic carbocycles. The van der Waals surface area contributed by atoms with Crippen LogP contribution < -0.4 is 9.80 Å². The lowest BCUT2D eigenvalue weighted by atomic mass is 10.1. The van der Waals surface area contributed by atoms with Crippen molar-refractivity contribution in [1.29, 1.82) is 0 Å². The first-order chi connectivity index (χ1) is 13.4. The first kappa shape index (κ1) is 24.4. The zero-order valence-electron chi connectivity index (χ0n) is 19.0. The molecule has 0 spiro atoms. The van der Waals surface area contributed by atoms with E-state index in [-0.39, 0.29) is 10.7 Å². The molecule has 6 heteroatoms. The van der Waals surface area contributed by atoms with Gasteiger partial charge in [-0.05, 0) is 39.7 Å². The van der Waals surface area contributed by atoms with E-state index in [1.807, 2.05) is 20.0 Å². The van der Waals surface area contributed by atoms with Crippen LogP contribution in [0.4, 0.5) is 17.3 Å². The van der Waals surface area contributed by atoms with Crippen LogP contribution in [0, 0.1) is 0 Å². The molecule has 2 rings (SSSR count). The van der Waals surface area contributed by atoms with Gasteiger partial charge in [0.25, 0.3) is 0 Å². The molecule has 1 aromatic heterocycles. The molecule has 0 N–H and O–H groups in total. The van der Waals surface area contributed by atoms with E-state index in [2.05, 4.69) is 68.7 Å². The highest BCUT2D eigenvalue weighted by atomic mass is 32.2. The average molecular weight is 407 g/mol. The van der Waals surface area contributed by atoms with Gasteiger partial charge in [0, 0.05) is 42.3 Å². The standard InChI is InChI=1S/C20H32N4OS.C2H6/c1-8-15(3)17(5)23(9-2)20-13-18(12-19(21-20)22-26(6)7)24-10-11-25-14-16(24)4;1-2/h9,12-13,16H,2,8,10-11,14H2,1,3-7H3;1-2H3. The van der Waals surface area contributed by atoms with Crippen molar-refractivity contribution in [3.63, 3.8) is 0 Å². The van der Waals surface area contributed by atoms with E-state index < -0.39 is 0 Å². The summed E-state index contributed by atoms with van der Waals surface area (Å²) in [4.78, 5) is 9.25. The van der Waals surface area contributed by atoms with Crippen LogP contribution in [0.5, 0.6) is 0 Å². The van der Waals surface area contributed by atoms with Crippen LogP contribution >= 0.6 is 0 Å². The number of hydrogen-bond donors (Lipinski definition) is 0. The van der Waals surface area contributed by atoms with Crippen LogP contribution in [0.25, 0.3) is 0 Å². The van der Waals surface area contributed by atoms with Crippen molar-refractivity contribution in [2.24, 2.45) is 4.36 Å². The number of anilines is 2. The van der Waals surface area contributed by atoms with E-state index in [0.717, 1.165) is 43.5 Å². The van der Waals surface area contributed by atoms with Gasteiger partial charge in [-0.25, -0.2) is 9.35 Å². The molecular formula is C22H38N4OS. The SMILES string of the molecule is C=CN(C(C)=C(C)CC)c1cc(N2CCOCC2C)cc(N=S(C)C)n1.CC. The molecule has 1 atom stereocenters. The number of rotatable bonds is 6. The highest BCUT2D eigenvalue weighted by molar-refractivity contribution is 7.85. The molecule has 1 saturated heterocycles. The molecule has 158 valence electrons. The summed E-state index contributed by atoms with van der Waals surface area (Å²) in [6.07, 6.45) is 7.04. The minimum Gasteiger partial charge on any atom is -0.377 e. The van der Waals surface area contributed by atoms with E-state index >= 15 is 0 Å². The van der Waals surface area contributed by atoms with Gasteiger partial charge >= 0.3 is 0 Å². The summed E-state index contributed by atoms with van der Waals surface area (Å²) < 4.78 is 10.3. The molecule has 0 bridgehead atoms. The maximum Gasteiger partial charge on any atom is 0.163 e. The third-order valence-electron chi connectivity index (χ3n) is 4.70. The third-order valence-corrected chi connectivity index (χ3v) is 5.25. The molecule has 1 aliphatic rings. The summed E-state index contributed by atoms with van der Waals surface area (Å²) in [6.45, 7) is 19.0. The molecule has 2 heterocycles. The van der Waals surface area contributed by atoms with Crippen molar-refractivity contribution < 1.29 is 4.74 Å². The quantitative estimate of drug-likeness (QED) is 0.609. The summed E-state index contributed by atoms with van der Waals surface area (Å²) in [7, 11) is -0.0701. The molecule has 28 heavy (non-hydrogen) atoms. The van der Waals surface area contributed by atoms with Gasteiger partial charge in [-0.15, -0.1) is 0 Å². The van der Waals surface area contributed by atoms with Crippen LogP contribution in [-0.4, -0.2) is 43.3 Å². The lowest BCUT2D eigenvalue weighted by Crippen LogP contribution is -2.43. The van der Waals surface area contributed by atoms with E-state index in [9.17, 15) is 0 Å². The molecule has 5 nitrogen and oxygen atoms in total. The van der Waals surface area contributed by atoms with Gasteiger partial charge in [0.15, 0.2) is 5.82 Å². The van der Waals surface area contributed by atoms with Crippen LogP contribution in [0.15, 0.2) is 40.5 Å². The predicted molar refractivity (Wildman–Crippen MR) is 126 cm³/mol. The second-order valence-electron chi connectivity index (χ2n) is 6.80. The minimum absolute atomic E-state index is 0.0701. The molecular weight excluding hydrogens is 368 g/mol. The molecule has 0 amide bonds. The number of pyridine rings is 1. The van der Waals surface area contributed by atoms with E-state index in [0.29, 0.717) is 6.04 Å². The van der Waals surface area contributed by atoms with Crippen LogP contribution in [0.3, 0.4) is 0 Å². The predicted octanol–water partition coefficient (Wildman–Crippen LogP) is 5.68. The smallest absolute Gasteiger partial charge is 0.163 e. The normalized spacial score (nSPS) is 17.5. The molecule has 1 fully saturated rings. The van der Waals surface area contributed by atoms with E-state index in [1.54, 1.807) is 0 Å². The molecule has 1 aromatic rings. The Morgan fingerprint density at radius 2 is 2.07 bits per heavy atom. The lowest BCUT2D eigenvalue weighted by Gasteiger charge is -2.36. The number of allylic oxidation sites excluding steroid dienone is 2. The monoisotopic (exact) mass is 406 g/mol. The third kappa shape index (κ3) is 6.45. The first-order valence-electron chi connectivity index (χ1n) is 10.1.